The summed E-state index contributed by atoms with van der Waals surface area (Å²) in [5, 5.41) is 9.99. The van der Waals surface area contributed by atoms with Crippen LogP contribution in [0.15, 0.2) is 6.07 Å². The van der Waals surface area contributed by atoms with E-state index in [4.69, 9.17) is 0 Å². The van der Waals surface area contributed by atoms with Gasteiger partial charge in [-0.15, -0.1) is 0 Å². The molecular weight excluding hydrogens is 280 g/mol. The summed E-state index contributed by atoms with van der Waals surface area (Å²) in [4.78, 5) is 26.0. The average Bonchev–Trinajstić information content (AvgIpc) is 3.05. The Balaban J connectivity index is 1.89. The van der Waals surface area contributed by atoms with Crippen molar-refractivity contribution in [3.8, 4) is 0 Å². The molecule has 22 heavy (non-hydrogen) atoms. The van der Waals surface area contributed by atoms with Crippen LogP contribution in [0.2, 0.25) is 0 Å². The van der Waals surface area contributed by atoms with Gasteiger partial charge in [-0.25, -0.2) is 0 Å². The maximum atomic E-state index is 12.4. The number of nitrogens with one attached hydrogen (secondary N) is 2. The first kappa shape index (κ1) is 16.5. The minimum absolute atomic E-state index is 0.0417. The molecule has 6 heteroatoms. The quantitative estimate of drug-likeness (QED) is 0.872. The van der Waals surface area contributed by atoms with Crippen LogP contribution in [-0.4, -0.2) is 46.0 Å². The standard InChI is InChI=1S/C16H26N4O2/c1-10(2)7-15(21)17-12-5-6-20(9-12)16(22)14-8-13(11(3)4)18-19-14/h8,10-12H,5-7,9H2,1-4H3,(H,17,21)(H,18,19). The van der Waals surface area contributed by atoms with Crippen molar-refractivity contribution in [3.63, 3.8) is 0 Å². The van der Waals surface area contributed by atoms with Gasteiger partial charge in [-0.3, -0.25) is 14.7 Å². The smallest absolute Gasteiger partial charge is 0.271 e. The maximum Gasteiger partial charge on any atom is 0.271 e. The molecule has 1 aromatic heterocycles. The van der Waals surface area contributed by atoms with Gasteiger partial charge in [0, 0.05) is 25.6 Å². The van der Waals surface area contributed by atoms with E-state index in [0.717, 1.165) is 12.1 Å². The Hall–Kier alpha value is -1.85. The highest BCUT2D eigenvalue weighted by atomic mass is 16.2. The summed E-state index contributed by atoms with van der Waals surface area (Å²) in [5.74, 6) is 0.663. The normalized spacial score (nSPS) is 18.3. The van der Waals surface area contributed by atoms with E-state index in [1.807, 2.05) is 33.8 Å². The molecule has 2 N–H and O–H groups in total. The summed E-state index contributed by atoms with van der Waals surface area (Å²) in [6.07, 6.45) is 1.34. The fraction of sp³-hybridized carbons (Fsp3) is 0.688. The molecule has 0 spiro atoms. The molecule has 1 saturated heterocycles. The average molecular weight is 306 g/mol. The van der Waals surface area contributed by atoms with Crippen LogP contribution in [0.1, 0.15) is 62.6 Å². The van der Waals surface area contributed by atoms with Crippen molar-refractivity contribution in [2.24, 2.45) is 5.92 Å². The summed E-state index contributed by atoms with van der Waals surface area (Å²) < 4.78 is 0. The van der Waals surface area contributed by atoms with E-state index < -0.39 is 0 Å². The Morgan fingerprint density at radius 1 is 1.41 bits per heavy atom. The van der Waals surface area contributed by atoms with Gasteiger partial charge in [0.2, 0.25) is 5.91 Å². The van der Waals surface area contributed by atoms with E-state index in [1.165, 1.54) is 0 Å². The van der Waals surface area contributed by atoms with Gasteiger partial charge in [0.1, 0.15) is 5.69 Å². The zero-order valence-corrected chi connectivity index (χ0v) is 13.8. The molecule has 1 atom stereocenters. The molecule has 0 aliphatic carbocycles. The predicted octanol–water partition coefficient (Wildman–Crippen LogP) is 1.91. The van der Waals surface area contributed by atoms with Crippen LogP contribution >= 0.6 is 0 Å². The Morgan fingerprint density at radius 2 is 2.14 bits per heavy atom. The summed E-state index contributed by atoms with van der Waals surface area (Å²) in [7, 11) is 0. The van der Waals surface area contributed by atoms with E-state index in [0.29, 0.717) is 37.0 Å². The molecule has 1 aliphatic rings. The van der Waals surface area contributed by atoms with Crippen LogP contribution in [-0.2, 0) is 4.79 Å². The summed E-state index contributed by atoms with van der Waals surface area (Å²) in [6.45, 7) is 9.37. The molecule has 2 rings (SSSR count). The Bertz CT molecular complexity index is 536. The zero-order chi connectivity index (χ0) is 16.3. The van der Waals surface area contributed by atoms with Gasteiger partial charge in [-0.2, -0.15) is 5.10 Å². The number of H-pyrrole nitrogens is 1. The molecule has 1 aromatic rings. The monoisotopic (exact) mass is 306 g/mol. The zero-order valence-electron chi connectivity index (χ0n) is 13.8. The first-order valence-corrected chi connectivity index (χ1v) is 8.00. The second kappa shape index (κ2) is 6.94. The highest BCUT2D eigenvalue weighted by Crippen LogP contribution is 2.16. The molecule has 2 amide bonds. The van der Waals surface area contributed by atoms with Crippen molar-refractivity contribution in [2.75, 3.05) is 13.1 Å². The largest absolute Gasteiger partial charge is 0.352 e. The topological polar surface area (TPSA) is 78.1 Å². The number of amides is 2. The van der Waals surface area contributed by atoms with Crippen molar-refractivity contribution >= 4 is 11.8 Å². The molecule has 0 bridgehead atoms. The molecule has 122 valence electrons. The minimum Gasteiger partial charge on any atom is -0.352 e. The van der Waals surface area contributed by atoms with Crippen LogP contribution in [0, 0.1) is 5.92 Å². The number of rotatable bonds is 5. The van der Waals surface area contributed by atoms with Crippen LogP contribution in [0.5, 0.6) is 0 Å². The summed E-state index contributed by atoms with van der Waals surface area (Å²) in [5.41, 5.74) is 1.42. The van der Waals surface area contributed by atoms with Gasteiger partial charge in [-0.05, 0) is 24.3 Å². The number of likely N-dealkylation sites (tertiary alicyclic amines) is 1. The second-order valence-corrected chi connectivity index (χ2v) is 6.76. The van der Waals surface area contributed by atoms with Gasteiger partial charge in [0.25, 0.3) is 5.91 Å². The molecule has 1 aliphatic heterocycles. The van der Waals surface area contributed by atoms with Gasteiger partial charge >= 0.3 is 0 Å². The van der Waals surface area contributed by atoms with E-state index >= 15 is 0 Å². The third-order valence-corrected chi connectivity index (χ3v) is 3.85. The van der Waals surface area contributed by atoms with Gasteiger partial charge in [0.15, 0.2) is 0 Å². The molecule has 1 unspecified atom stereocenters. The number of carbonyl (C=O) groups excluding carboxylic acids is 2. The molecule has 6 nitrogen and oxygen atoms in total. The van der Waals surface area contributed by atoms with Gasteiger partial charge in [-0.1, -0.05) is 27.7 Å². The fourth-order valence-corrected chi connectivity index (χ4v) is 2.63. The number of nitrogens with zero attached hydrogens (tertiary/aromatic N) is 2. The van der Waals surface area contributed by atoms with Crippen LogP contribution in [0.4, 0.5) is 0 Å². The van der Waals surface area contributed by atoms with E-state index in [1.54, 1.807) is 4.90 Å². The number of aromatic amines is 1. The predicted molar refractivity (Wildman–Crippen MR) is 84.6 cm³/mol. The van der Waals surface area contributed by atoms with E-state index in [2.05, 4.69) is 15.5 Å². The SMILES string of the molecule is CC(C)CC(=O)NC1CCN(C(=O)c2cc(C(C)C)n[nH]2)C1. The Labute approximate surface area is 131 Å². The van der Waals surface area contributed by atoms with E-state index in [-0.39, 0.29) is 17.9 Å². The minimum atomic E-state index is -0.0417. The lowest BCUT2D eigenvalue weighted by molar-refractivity contribution is -0.122. The summed E-state index contributed by atoms with van der Waals surface area (Å²) >= 11 is 0. The number of carbonyl (C=O) groups is 2. The summed E-state index contributed by atoms with van der Waals surface area (Å²) in [6, 6.07) is 1.88. The molecule has 2 heterocycles. The molecular formula is C16H26N4O2. The highest BCUT2D eigenvalue weighted by molar-refractivity contribution is 5.92. The second-order valence-electron chi connectivity index (χ2n) is 6.76. The molecule has 0 saturated carbocycles. The van der Waals surface area contributed by atoms with Crippen LogP contribution in [0.25, 0.3) is 0 Å². The molecule has 0 radical (unpaired) electrons. The third kappa shape index (κ3) is 4.08. The number of aromatic nitrogens is 2. The molecule has 0 aromatic carbocycles. The van der Waals surface area contributed by atoms with Crippen molar-refractivity contribution in [1.82, 2.24) is 20.4 Å². The Kier molecular flexibility index (Phi) is 5.21. The van der Waals surface area contributed by atoms with E-state index in [9.17, 15) is 9.59 Å². The first-order chi connectivity index (χ1) is 10.4. The van der Waals surface area contributed by atoms with Crippen molar-refractivity contribution in [3.05, 3.63) is 17.5 Å². The fourth-order valence-electron chi connectivity index (χ4n) is 2.63. The molecule has 1 fully saturated rings. The lowest BCUT2D eigenvalue weighted by atomic mass is 10.1. The van der Waals surface area contributed by atoms with Gasteiger partial charge < -0.3 is 10.2 Å². The van der Waals surface area contributed by atoms with Crippen molar-refractivity contribution in [1.29, 1.82) is 0 Å². The van der Waals surface area contributed by atoms with Crippen LogP contribution < -0.4 is 5.32 Å². The lowest BCUT2D eigenvalue weighted by Crippen LogP contribution is -2.38. The number of hydrogen-bond acceptors (Lipinski definition) is 3. The third-order valence-electron chi connectivity index (χ3n) is 3.85. The van der Waals surface area contributed by atoms with Gasteiger partial charge in [0.05, 0.1) is 5.69 Å². The van der Waals surface area contributed by atoms with Crippen molar-refractivity contribution < 1.29 is 9.59 Å². The van der Waals surface area contributed by atoms with Crippen LogP contribution in [0.3, 0.4) is 0 Å². The maximum absolute atomic E-state index is 12.4. The van der Waals surface area contributed by atoms with Crippen molar-refractivity contribution in [2.45, 2.75) is 52.5 Å². The number of hydrogen-bond donors (Lipinski definition) is 2. The highest BCUT2D eigenvalue weighted by Gasteiger charge is 2.29. The first-order valence-electron chi connectivity index (χ1n) is 8.00. The Morgan fingerprint density at radius 3 is 2.73 bits per heavy atom. The lowest BCUT2D eigenvalue weighted by Gasteiger charge is -2.16.